The second-order valence-corrected chi connectivity index (χ2v) is 8.60. The molecule has 1 amide bonds. The van der Waals surface area contributed by atoms with E-state index in [4.69, 9.17) is 0 Å². The third-order valence-corrected chi connectivity index (χ3v) is 6.92. The van der Waals surface area contributed by atoms with Crippen molar-refractivity contribution in [3.05, 3.63) is 0 Å². The maximum Gasteiger partial charge on any atom is 0.237 e. The van der Waals surface area contributed by atoms with E-state index in [1.165, 1.54) is 58.2 Å². The predicted molar refractivity (Wildman–Crippen MR) is 92.1 cm³/mol. The number of carbonyl (C=O) groups excluding carboxylic acids is 1. The Morgan fingerprint density at radius 1 is 1.13 bits per heavy atom. The van der Waals surface area contributed by atoms with E-state index in [2.05, 4.69) is 15.5 Å². The van der Waals surface area contributed by atoms with Crippen LogP contribution >= 0.6 is 0 Å². The van der Waals surface area contributed by atoms with Crippen LogP contribution in [0.1, 0.15) is 51.4 Å². The first-order chi connectivity index (χ1) is 11.3. The van der Waals surface area contributed by atoms with Crippen molar-refractivity contribution in [2.24, 2.45) is 23.7 Å². The van der Waals surface area contributed by atoms with Crippen LogP contribution in [0.2, 0.25) is 0 Å². The van der Waals surface area contributed by atoms with Gasteiger partial charge in [0.1, 0.15) is 0 Å². The van der Waals surface area contributed by atoms with Crippen LogP contribution in [0.15, 0.2) is 0 Å². The molecule has 2 heterocycles. The molecule has 2 aliphatic carbocycles. The lowest BCUT2D eigenvalue weighted by atomic mass is 9.87. The maximum absolute atomic E-state index is 12.1. The van der Waals surface area contributed by atoms with Crippen LogP contribution in [0.5, 0.6) is 0 Å². The summed E-state index contributed by atoms with van der Waals surface area (Å²) in [6.07, 6.45) is 10.8. The van der Waals surface area contributed by atoms with Gasteiger partial charge in [0.05, 0.1) is 6.04 Å². The molecule has 0 aromatic heterocycles. The molecule has 0 radical (unpaired) electrons. The first kappa shape index (κ1) is 15.9. The van der Waals surface area contributed by atoms with Gasteiger partial charge < -0.3 is 15.5 Å². The summed E-state index contributed by atoms with van der Waals surface area (Å²) in [4.78, 5) is 14.9. The van der Waals surface area contributed by atoms with Crippen LogP contribution in [0.4, 0.5) is 0 Å². The minimum Gasteiger partial charge on any atom is -0.354 e. The van der Waals surface area contributed by atoms with E-state index in [9.17, 15) is 4.79 Å². The Morgan fingerprint density at radius 2 is 2.09 bits per heavy atom. The van der Waals surface area contributed by atoms with E-state index >= 15 is 0 Å². The molecular weight excluding hydrogens is 286 g/mol. The Balaban J connectivity index is 1.20. The van der Waals surface area contributed by atoms with E-state index < -0.39 is 0 Å². The normalized spacial score (nSPS) is 40.6. The van der Waals surface area contributed by atoms with Gasteiger partial charge in [-0.05, 0) is 81.7 Å². The quantitative estimate of drug-likeness (QED) is 0.815. The lowest BCUT2D eigenvalue weighted by Crippen LogP contribution is -2.46. The smallest absolute Gasteiger partial charge is 0.237 e. The Kier molecular flexibility index (Phi) is 4.91. The molecule has 4 rings (SSSR count). The van der Waals surface area contributed by atoms with Crippen molar-refractivity contribution in [2.75, 3.05) is 32.7 Å². The molecule has 5 atom stereocenters. The zero-order valence-corrected chi connectivity index (χ0v) is 14.4. The van der Waals surface area contributed by atoms with Crippen molar-refractivity contribution in [1.82, 2.24) is 15.5 Å². The average Bonchev–Trinajstić information content (AvgIpc) is 3.30. The number of hydrogen-bond donors (Lipinski definition) is 2. The van der Waals surface area contributed by atoms with Gasteiger partial charge >= 0.3 is 0 Å². The highest BCUT2D eigenvalue weighted by Crippen LogP contribution is 2.48. The van der Waals surface area contributed by atoms with Gasteiger partial charge in [-0.1, -0.05) is 6.42 Å². The van der Waals surface area contributed by atoms with Gasteiger partial charge in [0.15, 0.2) is 0 Å². The monoisotopic (exact) mass is 319 g/mol. The summed E-state index contributed by atoms with van der Waals surface area (Å²) in [5, 5.41) is 6.50. The Hall–Kier alpha value is -0.610. The van der Waals surface area contributed by atoms with Crippen LogP contribution in [0.25, 0.3) is 0 Å². The van der Waals surface area contributed by atoms with Crippen LogP contribution in [0, 0.1) is 23.7 Å². The molecule has 0 aromatic carbocycles. The molecule has 23 heavy (non-hydrogen) atoms. The van der Waals surface area contributed by atoms with E-state index in [0.29, 0.717) is 5.92 Å². The van der Waals surface area contributed by atoms with Crippen molar-refractivity contribution in [3.8, 4) is 0 Å². The lowest BCUT2D eigenvalue weighted by molar-refractivity contribution is -0.123. The molecular formula is C19H33N3O. The summed E-state index contributed by atoms with van der Waals surface area (Å²) in [5.41, 5.74) is 0. The number of piperidine rings is 1. The van der Waals surface area contributed by atoms with Crippen LogP contribution in [-0.4, -0.2) is 49.6 Å². The summed E-state index contributed by atoms with van der Waals surface area (Å²) in [7, 11) is 0. The van der Waals surface area contributed by atoms with Crippen molar-refractivity contribution in [1.29, 1.82) is 0 Å². The van der Waals surface area contributed by atoms with Gasteiger partial charge in [0, 0.05) is 19.6 Å². The van der Waals surface area contributed by atoms with E-state index in [1.807, 2.05) is 0 Å². The third kappa shape index (κ3) is 3.74. The van der Waals surface area contributed by atoms with E-state index in [-0.39, 0.29) is 11.9 Å². The molecule has 5 unspecified atom stereocenters. The second-order valence-electron chi connectivity index (χ2n) is 8.60. The van der Waals surface area contributed by atoms with Gasteiger partial charge in [0.25, 0.3) is 0 Å². The highest BCUT2D eigenvalue weighted by Gasteiger charge is 2.40. The summed E-state index contributed by atoms with van der Waals surface area (Å²) in [5.74, 6) is 3.96. The lowest BCUT2D eigenvalue weighted by Gasteiger charge is -2.36. The number of likely N-dealkylation sites (tertiary alicyclic amines) is 1. The third-order valence-electron chi connectivity index (χ3n) is 6.92. The molecule has 2 aliphatic heterocycles. The minimum atomic E-state index is 0.0729. The van der Waals surface area contributed by atoms with Crippen LogP contribution < -0.4 is 10.6 Å². The topological polar surface area (TPSA) is 44.4 Å². The first-order valence-corrected chi connectivity index (χ1v) is 10.0. The Labute approximate surface area is 140 Å². The number of amides is 1. The highest BCUT2D eigenvalue weighted by atomic mass is 16.2. The average molecular weight is 319 g/mol. The van der Waals surface area contributed by atoms with Crippen LogP contribution in [0.3, 0.4) is 0 Å². The number of carbonyl (C=O) groups is 1. The zero-order valence-electron chi connectivity index (χ0n) is 14.4. The van der Waals surface area contributed by atoms with Crippen molar-refractivity contribution < 1.29 is 4.79 Å². The summed E-state index contributed by atoms with van der Waals surface area (Å²) in [6, 6.07) is 0.0729. The summed E-state index contributed by atoms with van der Waals surface area (Å²) < 4.78 is 0. The molecule has 2 bridgehead atoms. The molecule has 2 N–H and O–H groups in total. The minimum absolute atomic E-state index is 0.0729. The summed E-state index contributed by atoms with van der Waals surface area (Å²) in [6.45, 7) is 5.69. The molecule has 4 nitrogen and oxygen atoms in total. The zero-order chi connectivity index (χ0) is 15.6. The van der Waals surface area contributed by atoms with E-state index in [0.717, 1.165) is 43.7 Å². The van der Waals surface area contributed by atoms with Gasteiger partial charge in [-0.25, -0.2) is 0 Å². The van der Waals surface area contributed by atoms with Gasteiger partial charge in [-0.3, -0.25) is 4.79 Å². The number of nitrogens with one attached hydrogen (secondary N) is 2. The van der Waals surface area contributed by atoms with Gasteiger partial charge in [0.2, 0.25) is 5.91 Å². The van der Waals surface area contributed by atoms with Crippen molar-refractivity contribution >= 4 is 5.91 Å². The number of fused-ring (bicyclic) bond motifs is 2. The predicted octanol–water partition coefficient (Wildman–Crippen LogP) is 2.00. The molecule has 0 aromatic rings. The number of nitrogens with zero attached hydrogens (tertiary/aromatic N) is 1. The van der Waals surface area contributed by atoms with Crippen LogP contribution in [-0.2, 0) is 4.79 Å². The fourth-order valence-corrected chi connectivity index (χ4v) is 5.69. The fraction of sp³-hybridized carbons (Fsp3) is 0.947. The number of rotatable bonds is 5. The molecule has 4 heteroatoms. The second kappa shape index (κ2) is 7.10. The van der Waals surface area contributed by atoms with Crippen molar-refractivity contribution in [2.45, 2.75) is 57.4 Å². The number of hydrogen-bond acceptors (Lipinski definition) is 3. The molecule has 4 fully saturated rings. The maximum atomic E-state index is 12.1. The summed E-state index contributed by atoms with van der Waals surface area (Å²) >= 11 is 0. The Bertz CT molecular complexity index is 421. The largest absolute Gasteiger partial charge is 0.354 e. The van der Waals surface area contributed by atoms with Gasteiger partial charge in [-0.15, -0.1) is 0 Å². The van der Waals surface area contributed by atoms with E-state index in [1.54, 1.807) is 0 Å². The molecule has 2 saturated heterocycles. The highest BCUT2D eigenvalue weighted by molar-refractivity contribution is 5.81. The standard InChI is InChI=1S/C19H33N3O/c23-19(18-4-1-7-20-18)21-11-15-3-2-8-22(12-15)13-17-10-14-5-6-16(17)9-14/h14-18,20H,1-13H2,(H,21,23). The molecule has 130 valence electrons. The molecule has 4 aliphatic rings. The Morgan fingerprint density at radius 3 is 2.83 bits per heavy atom. The van der Waals surface area contributed by atoms with Gasteiger partial charge in [-0.2, -0.15) is 0 Å². The van der Waals surface area contributed by atoms with Crippen molar-refractivity contribution in [3.63, 3.8) is 0 Å². The first-order valence-electron chi connectivity index (χ1n) is 10.0. The molecule has 2 saturated carbocycles. The fourth-order valence-electron chi connectivity index (χ4n) is 5.69. The molecule has 0 spiro atoms. The SMILES string of the molecule is O=C(NCC1CCCN(CC2CC3CCC2C3)C1)C1CCCN1.